The molecule has 0 saturated heterocycles. The van der Waals surface area contributed by atoms with Gasteiger partial charge >= 0.3 is 11.9 Å². The molecule has 10 atom stereocenters. The summed E-state index contributed by atoms with van der Waals surface area (Å²) in [5.74, 6) is -6.52. The largest absolute Gasteiger partial charge is 0.457 e. The number of Topliss-reactive ketones (excluding diaryl/α,β-unsaturated/α-hetero) is 1. The lowest BCUT2D eigenvalue weighted by atomic mass is 9.44. The Kier molecular flexibility index (Phi) is 12.1. The van der Waals surface area contributed by atoms with Gasteiger partial charge in [0.05, 0.1) is 12.7 Å². The topological polar surface area (TPSA) is 284 Å². The van der Waals surface area contributed by atoms with Gasteiger partial charge in [0.2, 0.25) is 11.4 Å². The minimum atomic E-state index is -2.63. The third kappa shape index (κ3) is 7.64. The van der Waals surface area contributed by atoms with E-state index in [0.717, 1.165) is 12.2 Å². The van der Waals surface area contributed by atoms with Gasteiger partial charge in [-0.2, -0.15) is 0 Å². The first-order valence-electron chi connectivity index (χ1n) is 16.6. The van der Waals surface area contributed by atoms with Crippen LogP contribution in [-0.2, 0) is 43.2 Å². The number of esters is 2. The number of nitrogens with zero attached hydrogens (tertiary/aromatic N) is 3. The molecule has 4 aliphatic rings. The summed E-state index contributed by atoms with van der Waals surface area (Å²) in [7, 11) is 0. The van der Waals surface area contributed by atoms with Crippen molar-refractivity contribution in [3.8, 4) is 0 Å². The van der Waals surface area contributed by atoms with Crippen molar-refractivity contribution in [1.82, 2.24) is 0 Å². The summed E-state index contributed by atoms with van der Waals surface area (Å²) in [4.78, 5) is 96.4. The molecule has 22 heteroatoms. The molecule has 0 aromatic rings. The summed E-state index contributed by atoms with van der Waals surface area (Å²) in [5.41, 5.74) is -9.05. The number of carbonyl (C=O) groups is 4. The van der Waals surface area contributed by atoms with Crippen LogP contribution < -0.4 is 0 Å². The minimum absolute atomic E-state index is 0.177. The van der Waals surface area contributed by atoms with Crippen LogP contribution in [0.1, 0.15) is 65.2 Å². The number of alkyl halides is 2. The molecule has 0 spiro atoms. The molecule has 0 amide bonds. The second kappa shape index (κ2) is 15.6. The minimum Gasteiger partial charge on any atom is -0.457 e. The molecule has 294 valence electrons. The quantitative estimate of drug-likeness (QED) is 0.0867. The fourth-order valence-electron chi connectivity index (χ4n) is 8.77. The Hall–Kier alpha value is -4.86. The molecule has 0 aliphatic heterocycles. The summed E-state index contributed by atoms with van der Waals surface area (Å²) in [5, 5.41) is 51.5. The summed E-state index contributed by atoms with van der Waals surface area (Å²) >= 11 is 0. The smallest absolute Gasteiger partial charge is 0.306 e. The van der Waals surface area contributed by atoms with Crippen molar-refractivity contribution in [3.05, 3.63) is 54.1 Å². The van der Waals surface area contributed by atoms with E-state index in [1.165, 1.54) is 19.9 Å². The van der Waals surface area contributed by atoms with E-state index < -0.39 is 149 Å². The van der Waals surface area contributed by atoms with Crippen LogP contribution in [0.15, 0.2) is 23.8 Å². The zero-order chi connectivity index (χ0) is 39.5. The van der Waals surface area contributed by atoms with E-state index in [-0.39, 0.29) is 24.8 Å². The summed E-state index contributed by atoms with van der Waals surface area (Å²) in [6.07, 6.45) is -7.44. The fourth-order valence-corrected chi connectivity index (χ4v) is 8.77. The van der Waals surface area contributed by atoms with Gasteiger partial charge in [0.1, 0.15) is 25.0 Å². The Morgan fingerprint density at radius 3 is 2.26 bits per heavy atom. The number of allylic oxidation sites excluding steroid dienone is 4. The second-order valence-corrected chi connectivity index (χ2v) is 13.9. The molecule has 4 rings (SSSR count). The number of ether oxygens (including phenoxy) is 2. The first-order chi connectivity index (χ1) is 24.7. The Bertz CT molecular complexity index is 1580. The molecule has 3 fully saturated rings. The van der Waals surface area contributed by atoms with E-state index in [0.29, 0.717) is 0 Å². The monoisotopic (exact) mass is 763 g/mol. The number of halogens is 2. The highest BCUT2D eigenvalue weighted by Gasteiger charge is 2.78. The summed E-state index contributed by atoms with van der Waals surface area (Å²) in [6.45, 7) is 0.180. The van der Waals surface area contributed by atoms with Crippen molar-refractivity contribution >= 4 is 23.5 Å². The maximum absolute atomic E-state index is 17.6. The predicted octanol–water partition coefficient (Wildman–Crippen LogP) is 1.61. The van der Waals surface area contributed by atoms with E-state index >= 15 is 8.78 Å². The van der Waals surface area contributed by atoms with Crippen LogP contribution in [-0.4, -0.2) is 105 Å². The molecule has 0 aromatic carbocycles. The lowest BCUT2D eigenvalue weighted by Gasteiger charge is -2.63. The molecule has 20 nitrogen and oxygen atoms in total. The summed E-state index contributed by atoms with van der Waals surface area (Å²) in [6, 6.07) is 0. The zero-order valence-corrected chi connectivity index (χ0v) is 28.6. The van der Waals surface area contributed by atoms with Gasteiger partial charge in [0, 0.05) is 29.6 Å². The number of hydrogen-bond donors (Lipinski definition) is 2. The zero-order valence-electron chi connectivity index (χ0n) is 28.6. The molecule has 3 saturated carbocycles. The maximum atomic E-state index is 17.6. The molecule has 3 unspecified atom stereocenters. The van der Waals surface area contributed by atoms with Crippen molar-refractivity contribution < 1.29 is 77.4 Å². The third-order valence-electron chi connectivity index (χ3n) is 11.1. The van der Waals surface area contributed by atoms with Gasteiger partial charge in [0.25, 0.3) is 15.3 Å². The normalized spacial score (nSPS) is 34.6. The number of aliphatic hydroxyl groups is 2. The SMILES string of the molecule is C[C@]12C=CC(=O)C=C1[C@@H](F)CC1C3C[C@@H](O)[C@](OC(=O)CCCO[N+](=O)[O-])(C(=O)COC(=O)CCCC(CO[N+](=O)[O-])O[N+](=O)[O-])[C@@]3(C)C[C@H](O)[C@@]12F. The second-order valence-electron chi connectivity index (χ2n) is 13.9. The van der Waals surface area contributed by atoms with Gasteiger partial charge in [0.15, 0.2) is 18.1 Å². The maximum Gasteiger partial charge on any atom is 0.306 e. The van der Waals surface area contributed by atoms with Crippen molar-refractivity contribution in [2.24, 2.45) is 22.7 Å². The molecule has 0 heterocycles. The molecule has 0 aromatic heterocycles. The number of fused-ring (bicyclic) bond motifs is 5. The highest BCUT2D eigenvalue weighted by atomic mass is 19.1. The van der Waals surface area contributed by atoms with Crippen LogP contribution in [0.25, 0.3) is 0 Å². The van der Waals surface area contributed by atoms with Gasteiger partial charge in [-0.1, -0.05) is 13.0 Å². The highest BCUT2D eigenvalue weighted by Crippen LogP contribution is 2.70. The standard InChI is InChI=1S/C31H39F2N3O17/c1-28-9-8-17(37)11-21(28)22(32)12-20-19-13-23(38)31(29(19,2)14-24(39)30(20,28)33,52-27(42)7-4-10-50-34(43)44)25(40)16-49-26(41)6-3-5-18(53-36(47)48)15-51-35(45)46/h8-9,11,18-20,22-24,38-39H,3-7,10,12-16H2,1-2H3/t18?,19?,20?,22-,23+,24-,28-,29-,30-,31-/m0/s1. The van der Waals surface area contributed by atoms with Crippen LogP contribution in [0.5, 0.6) is 0 Å². The number of ketones is 2. The Balaban J connectivity index is 1.59. The molecule has 2 N–H and O–H groups in total. The van der Waals surface area contributed by atoms with Gasteiger partial charge in [-0.15, -0.1) is 30.3 Å². The Labute approximate surface area is 298 Å². The van der Waals surface area contributed by atoms with Crippen LogP contribution in [0, 0.1) is 53.0 Å². The molecule has 0 radical (unpaired) electrons. The summed E-state index contributed by atoms with van der Waals surface area (Å²) < 4.78 is 44.3. The van der Waals surface area contributed by atoms with Crippen LogP contribution >= 0.6 is 0 Å². The van der Waals surface area contributed by atoms with Crippen LogP contribution in [0.3, 0.4) is 0 Å². The number of carbonyl (C=O) groups excluding carboxylic acids is 4. The first-order valence-corrected chi connectivity index (χ1v) is 16.6. The average molecular weight is 764 g/mol. The van der Waals surface area contributed by atoms with E-state index in [2.05, 4.69) is 14.5 Å². The lowest BCUT2D eigenvalue weighted by molar-refractivity contribution is -0.790. The van der Waals surface area contributed by atoms with Gasteiger partial charge in [-0.05, 0) is 69.1 Å². The fraction of sp³-hybridized carbons (Fsp3) is 0.742. The van der Waals surface area contributed by atoms with Gasteiger partial charge < -0.3 is 34.2 Å². The number of aliphatic hydroxyl groups excluding tert-OH is 2. The van der Waals surface area contributed by atoms with E-state index in [1.807, 2.05) is 0 Å². The van der Waals surface area contributed by atoms with Crippen molar-refractivity contribution in [2.45, 2.75) is 101 Å². The average Bonchev–Trinajstić information content (AvgIpc) is 3.28. The third-order valence-corrected chi connectivity index (χ3v) is 11.1. The molecule has 0 bridgehead atoms. The first kappa shape index (κ1) is 40.9. The number of hydrogen-bond acceptors (Lipinski definition) is 17. The van der Waals surface area contributed by atoms with Crippen molar-refractivity contribution in [3.63, 3.8) is 0 Å². The van der Waals surface area contributed by atoms with Gasteiger partial charge in [-0.25, -0.2) is 8.78 Å². The Morgan fingerprint density at radius 2 is 1.62 bits per heavy atom. The highest BCUT2D eigenvalue weighted by molar-refractivity contribution is 6.01. The van der Waals surface area contributed by atoms with Crippen LogP contribution in [0.4, 0.5) is 8.78 Å². The number of rotatable bonds is 18. The van der Waals surface area contributed by atoms with E-state index in [4.69, 9.17) is 9.47 Å². The van der Waals surface area contributed by atoms with Gasteiger partial charge in [-0.3, -0.25) is 19.2 Å². The van der Waals surface area contributed by atoms with Crippen LogP contribution in [0.2, 0.25) is 0 Å². The molecular formula is C31H39F2N3O17. The molecule has 4 aliphatic carbocycles. The Morgan fingerprint density at radius 1 is 0.962 bits per heavy atom. The van der Waals surface area contributed by atoms with Crippen molar-refractivity contribution in [1.29, 1.82) is 0 Å². The molecule has 53 heavy (non-hydrogen) atoms. The van der Waals surface area contributed by atoms with Crippen molar-refractivity contribution in [2.75, 3.05) is 19.8 Å². The lowest BCUT2D eigenvalue weighted by Crippen LogP contribution is -2.71. The molecular weight excluding hydrogens is 724 g/mol. The predicted molar refractivity (Wildman–Crippen MR) is 166 cm³/mol. The van der Waals surface area contributed by atoms with E-state index in [1.54, 1.807) is 0 Å². The van der Waals surface area contributed by atoms with E-state index in [9.17, 15) is 59.7 Å².